The van der Waals surface area contributed by atoms with Gasteiger partial charge in [0.1, 0.15) is 5.76 Å². The molecule has 2 heterocycles. The molecule has 1 saturated heterocycles. The standard InChI is InChI=1S/C14H15NO3/c1-9-4-5-11-12(7-9)14(17)15(13(11)16)8-10-3-2-6-18-10/h2-4,6,11-12H,5,7-8H2,1H3. The predicted octanol–water partition coefficient (Wildman–Crippen LogP) is 2.12. The Balaban J connectivity index is 1.82. The molecule has 0 bridgehead atoms. The molecule has 2 amide bonds. The first-order valence-electron chi connectivity index (χ1n) is 6.20. The van der Waals surface area contributed by atoms with E-state index in [1.165, 1.54) is 10.5 Å². The Bertz CT molecular complexity index is 515. The van der Waals surface area contributed by atoms with Crippen LogP contribution in [0, 0.1) is 11.8 Å². The summed E-state index contributed by atoms with van der Waals surface area (Å²) in [5.74, 6) is 0.243. The van der Waals surface area contributed by atoms with E-state index >= 15 is 0 Å². The fourth-order valence-electron chi connectivity index (χ4n) is 2.82. The van der Waals surface area contributed by atoms with Crippen LogP contribution in [0.4, 0.5) is 0 Å². The van der Waals surface area contributed by atoms with Crippen molar-refractivity contribution >= 4 is 11.8 Å². The van der Waals surface area contributed by atoms with Crippen LogP contribution in [0.3, 0.4) is 0 Å². The zero-order valence-corrected chi connectivity index (χ0v) is 10.3. The molecule has 1 aromatic heterocycles. The van der Waals surface area contributed by atoms with Gasteiger partial charge in [0, 0.05) is 0 Å². The quantitative estimate of drug-likeness (QED) is 0.592. The third-order valence-electron chi connectivity index (χ3n) is 3.81. The van der Waals surface area contributed by atoms with E-state index in [1.54, 1.807) is 18.4 Å². The van der Waals surface area contributed by atoms with Gasteiger partial charge in [-0.15, -0.1) is 0 Å². The van der Waals surface area contributed by atoms with Crippen LogP contribution in [-0.4, -0.2) is 16.7 Å². The van der Waals surface area contributed by atoms with E-state index < -0.39 is 0 Å². The molecule has 2 unspecified atom stereocenters. The maximum atomic E-state index is 12.3. The fourth-order valence-corrected chi connectivity index (χ4v) is 2.82. The zero-order valence-electron chi connectivity index (χ0n) is 10.3. The van der Waals surface area contributed by atoms with Crippen molar-refractivity contribution in [2.75, 3.05) is 0 Å². The van der Waals surface area contributed by atoms with Gasteiger partial charge in [-0.3, -0.25) is 14.5 Å². The van der Waals surface area contributed by atoms with E-state index in [0.717, 1.165) is 0 Å². The summed E-state index contributed by atoms with van der Waals surface area (Å²) in [7, 11) is 0. The summed E-state index contributed by atoms with van der Waals surface area (Å²) < 4.78 is 5.21. The SMILES string of the molecule is CC1=CCC2C(=O)N(Cc3ccco3)C(=O)C2C1. The molecule has 0 aromatic carbocycles. The van der Waals surface area contributed by atoms with Gasteiger partial charge in [0.05, 0.1) is 24.6 Å². The maximum absolute atomic E-state index is 12.3. The van der Waals surface area contributed by atoms with E-state index in [9.17, 15) is 9.59 Å². The minimum Gasteiger partial charge on any atom is -0.467 e. The monoisotopic (exact) mass is 245 g/mol. The predicted molar refractivity (Wildman–Crippen MR) is 64.2 cm³/mol. The normalized spacial score (nSPS) is 27.4. The van der Waals surface area contributed by atoms with Gasteiger partial charge in [0.2, 0.25) is 11.8 Å². The first-order chi connectivity index (χ1) is 8.66. The largest absolute Gasteiger partial charge is 0.467 e. The number of hydrogen-bond acceptors (Lipinski definition) is 3. The van der Waals surface area contributed by atoms with Crippen LogP contribution in [0.25, 0.3) is 0 Å². The van der Waals surface area contributed by atoms with E-state index in [-0.39, 0.29) is 30.2 Å². The Morgan fingerprint density at radius 1 is 1.33 bits per heavy atom. The van der Waals surface area contributed by atoms with Crippen LogP contribution in [0.5, 0.6) is 0 Å². The van der Waals surface area contributed by atoms with E-state index in [1.807, 2.05) is 6.92 Å². The topological polar surface area (TPSA) is 50.5 Å². The highest BCUT2D eigenvalue weighted by molar-refractivity contribution is 6.05. The molecule has 3 rings (SSSR count). The number of likely N-dealkylation sites (tertiary alicyclic amines) is 1. The molecule has 2 atom stereocenters. The molecule has 0 radical (unpaired) electrons. The number of hydrogen-bond donors (Lipinski definition) is 0. The molecular weight excluding hydrogens is 230 g/mol. The average Bonchev–Trinajstić information content (AvgIpc) is 2.93. The van der Waals surface area contributed by atoms with Crippen molar-refractivity contribution in [3.8, 4) is 0 Å². The van der Waals surface area contributed by atoms with E-state index in [4.69, 9.17) is 4.42 Å². The third-order valence-corrected chi connectivity index (χ3v) is 3.81. The lowest BCUT2D eigenvalue weighted by Crippen LogP contribution is -2.30. The number of rotatable bonds is 2. The lowest BCUT2D eigenvalue weighted by Gasteiger charge is -2.19. The molecule has 0 N–H and O–H groups in total. The van der Waals surface area contributed by atoms with Gasteiger partial charge < -0.3 is 4.42 Å². The molecule has 1 aliphatic heterocycles. The summed E-state index contributed by atoms with van der Waals surface area (Å²) in [5, 5.41) is 0. The van der Waals surface area contributed by atoms with Gasteiger partial charge >= 0.3 is 0 Å². The lowest BCUT2D eigenvalue weighted by atomic mass is 9.82. The highest BCUT2D eigenvalue weighted by atomic mass is 16.3. The van der Waals surface area contributed by atoms with Gasteiger partial charge in [0.15, 0.2) is 0 Å². The van der Waals surface area contributed by atoms with Crippen LogP contribution >= 0.6 is 0 Å². The van der Waals surface area contributed by atoms with Gasteiger partial charge in [0.25, 0.3) is 0 Å². The van der Waals surface area contributed by atoms with Crippen LogP contribution in [0.2, 0.25) is 0 Å². The molecule has 18 heavy (non-hydrogen) atoms. The summed E-state index contributed by atoms with van der Waals surface area (Å²) in [6.07, 6.45) is 5.03. The second kappa shape index (κ2) is 4.12. The first-order valence-corrected chi connectivity index (χ1v) is 6.20. The number of nitrogens with zero attached hydrogens (tertiary/aromatic N) is 1. The fraction of sp³-hybridized carbons (Fsp3) is 0.429. The van der Waals surface area contributed by atoms with Crippen molar-refractivity contribution in [2.45, 2.75) is 26.3 Å². The second-order valence-electron chi connectivity index (χ2n) is 5.05. The van der Waals surface area contributed by atoms with E-state index in [0.29, 0.717) is 18.6 Å². The van der Waals surface area contributed by atoms with Crippen LogP contribution < -0.4 is 0 Å². The average molecular weight is 245 g/mol. The first kappa shape index (κ1) is 11.3. The zero-order chi connectivity index (χ0) is 12.7. The molecule has 94 valence electrons. The number of carbonyl (C=O) groups excluding carboxylic acids is 2. The van der Waals surface area contributed by atoms with Crippen LogP contribution in [-0.2, 0) is 16.1 Å². The van der Waals surface area contributed by atoms with E-state index in [2.05, 4.69) is 6.08 Å². The van der Waals surface area contributed by atoms with Crippen molar-refractivity contribution < 1.29 is 14.0 Å². The van der Waals surface area contributed by atoms with Crippen LogP contribution in [0.1, 0.15) is 25.5 Å². The number of fused-ring (bicyclic) bond motifs is 1. The summed E-state index contributed by atoms with van der Waals surface area (Å²) in [4.78, 5) is 25.8. The Labute approximate surface area is 105 Å². The van der Waals surface area contributed by atoms with Crippen LogP contribution in [0.15, 0.2) is 34.5 Å². The highest BCUT2D eigenvalue weighted by Crippen LogP contribution is 2.38. The third kappa shape index (κ3) is 1.68. The Hall–Kier alpha value is -1.84. The second-order valence-corrected chi connectivity index (χ2v) is 5.05. The smallest absolute Gasteiger partial charge is 0.233 e. The van der Waals surface area contributed by atoms with Crippen molar-refractivity contribution in [1.82, 2.24) is 4.90 Å². The minimum absolute atomic E-state index is 0.0474. The summed E-state index contributed by atoms with van der Waals surface area (Å²) in [6, 6.07) is 3.55. The van der Waals surface area contributed by atoms with Crippen molar-refractivity contribution in [3.05, 3.63) is 35.8 Å². The molecule has 1 fully saturated rings. The Morgan fingerprint density at radius 3 is 2.83 bits per heavy atom. The minimum atomic E-state index is -0.156. The highest BCUT2D eigenvalue weighted by Gasteiger charge is 2.48. The lowest BCUT2D eigenvalue weighted by molar-refractivity contribution is -0.140. The molecule has 0 spiro atoms. The summed E-state index contributed by atoms with van der Waals surface area (Å²) >= 11 is 0. The summed E-state index contributed by atoms with van der Waals surface area (Å²) in [5.41, 5.74) is 1.21. The Kier molecular flexibility index (Phi) is 2.58. The summed E-state index contributed by atoms with van der Waals surface area (Å²) in [6.45, 7) is 2.28. The van der Waals surface area contributed by atoms with Gasteiger partial charge in [-0.2, -0.15) is 0 Å². The Morgan fingerprint density at radius 2 is 2.11 bits per heavy atom. The molecular formula is C14H15NO3. The van der Waals surface area contributed by atoms with Gasteiger partial charge in [-0.05, 0) is 31.9 Å². The van der Waals surface area contributed by atoms with Gasteiger partial charge in [-0.25, -0.2) is 0 Å². The molecule has 4 heteroatoms. The van der Waals surface area contributed by atoms with Gasteiger partial charge in [-0.1, -0.05) is 11.6 Å². The number of amides is 2. The van der Waals surface area contributed by atoms with Crippen molar-refractivity contribution in [3.63, 3.8) is 0 Å². The molecule has 0 saturated carbocycles. The number of carbonyl (C=O) groups is 2. The van der Waals surface area contributed by atoms with Crippen molar-refractivity contribution in [1.29, 1.82) is 0 Å². The number of allylic oxidation sites excluding steroid dienone is 2. The number of imide groups is 1. The maximum Gasteiger partial charge on any atom is 0.233 e. The molecule has 4 nitrogen and oxygen atoms in total. The molecule has 1 aromatic rings. The molecule has 1 aliphatic carbocycles. The van der Waals surface area contributed by atoms with Crippen molar-refractivity contribution in [2.24, 2.45) is 11.8 Å². The molecule has 2 aliphatic rings. The number of furan rings is 1.